The van der Waals surface area contributed by atoms with E-state index in [2.05, 4.69) is 12.2 Å². The van der Waals surface area contributed by atoms with Crippen LogP contribution in [0.25, 0.3) is 0 Å². The maximum Gasteiger partial charge on any atom is 0.194 e. The molecular formula is C17H18F3N. The fourth-order valence-electron chi connectivity index (χ4n) is 2.48. The van der Waals surface area contributed by atoms with Crippen molar-refractivity contribution in [3.63, 3.8) is 0 Å². The van der Waals surface area contributed by atoms with Crippen molar-refractivity contribution in [3.05, 3.63) is 70.5 Å². The number of aryl methyl sites for hydroxylation is 1. The van der Waals surface area contributed by atoms with Crippen LogP contribution in [0.4, 0.5) is 13.2 Å². The van der Waals surface area contributed by atoms with Gasteiger partial charge in [0.2, 0.25) is 0 Å². The molecule has 2 rings (SSSR count). The monoisotopic (exact) mass is 293 g/mol. The van der Waals surface area contributed by atoms with Crippen molar-refractivity contribution in [1.82, 2.24) is 5.32 Å². The zero-order chi connectivity index (χ0) is 15.4. The van der Waals surface area contributed by atoms with Crippen LogP contribution < -0.4 is 5.32 Å². The van der Waals surface area contributed by atoms with Crippen LogP contribution in [0.1, 0.15) is 36.1 Å². The van der Waals surface area contributed by atoms with Crippen molar-refractivity contribution in [2.45, 2.75) is 25.8 Å². The first-order chi connectivity index (χ1) is 10.1. The molecule has 0 aliphatic rings. The van der Waals surface area contributed by atoms with Gasteiger partial charge in [0, 0.05) is 0 Å². The predicted molar refractivity (Wildman–Crippen MR) is 77.7 cm³/mol. The summed E-state index contributed by atoms with van der Waals surface area (Å²) in [6.45, 7) is 2.09. The average molecular weight is 293 g/mol. The molecule has 0 fully saturated rings. The zero-order valence-corrected chi connectivity index (χ0v) is 12.1. The molecule has 1 atom stereocenters. The Morgan fingerprint density at radius 1 is 1.00 bits per heavy atom. The van der Waals surface area contributed by atoms with Gasteiger partial charge in [-0.15, -0.1) is 0 Å². The number of nitrogens with one attached hydrogen (secondary N) is 1. The summed E-state index contributed by atoms with van der Waals surface area (Å²) >= 11 is 0. The maximum atomic E-state index is 13.4. The highest BCUT2D eigenvalue weighted by Gasteiger charge is 2.18. The fourth-order valence-corrected chi connectivity index (χ4v) is 2.48. The second-order valence-corrected chi connectivity index (χ2v) is 5.02. The summed E-state index contributed by atoms with van der Waals surface area (Å²) in [5.41, 5.74) is 2.43. The summed E-state index contributed by atoms with van der Waals surface area (Å²) in [7, 11) is 1.70. The Balaban J connectivity index is 2.42. The second-order valence-electron chi connectivity index (χ2n) is 5.02. The fraction of sp³-hybridized carbons (Fsp3) is 0.294. The molecule has 0 bridgehead atoms. The van der Waals surface area contributed by atoms with Gasteiger partial charge in [0.05, 0.1) is 6.04 Å². The van der Waals surface area contributed by atoms with Crippen LogP contribution >= 0.6 is 0 Å². The van der Waals surface area contributed by atoms with E-state index in [9.17, 15) is 13.2 Å². The number of benzene rings is 2. The van der Waals surface area contributed by atoms with Crippen LogP contribution in [0, 0.1) is 17.5 Å². The SMILES string of the molecule is CCCc1cccc(C(NC)c2cc(F)c(F)c(F)c2)c1. The van der Waals surface area contributed by atoms with Gasteiger partial charge in [0.1, 0.15) is 0 Å². The third-order valence-corrected chi connectivity index (χ3v) is 3.45. The van der Waals surface area contributed by atoms with Crippen LogP contribution in [0.2, 0.25) is 0 Å². The van der Waals surface area contributed by atoms with Crippen molar-refractivity contribution in [3.8, 4) is 0 Å². The van der Waals surface area contributed by atoms with Gasteiger partial charge < -0.3 is 5.32 Å². The standard InChI is InChI=1S/C17H18F3N/c1-3-5-11-6-4-7-12(8-11)17(21-2)13-9-14(18)16(20)15(19)10-13/h4,6-10,17,21H,3,5H2,1-2H3. The van der Waals surface area contributed by atoms with Crippen molar-refractivity contribution in [2.75, 3.05) is 7.05 Å². The summed E-state index contributed by atoms with van der Waals surface area (Å²) in [5.74, 6) is -3.78. The lowest BCUT2D eigenvalue weighted by Gasteiger charge is -2.18. The van der Waals surface area contributed by atoms with Gasteiger partial charge in [-0.3, -0.25) is 0 Å². The van der Waals surface area contributed by atoms with Gasteiger partial charge in [-0.25, -0.2) is 13.2 Å². The molecule has 21 heavy (non-hydrogen) atoms. The molecule has 0 aliphatic heterocycles. The average Bonchev–Trinajstić information content (AvgIpc) is 2.46. The topological polar surface area (TPSA) is 12.0 Å². The highest BCUT2D eigenvalue weighted by molar-refractivity contribution is 5.35. The highest BCUT2D eigenvalue weighted by atomic mass is 19.2. The van der Waals surface area contributed by atoms with E-state index in [0.717, 1.165) is 30.5 Å². The number of halogens is 3. The molecule has 1 unspecified atom stereocenters. The van der Waals surface area contributed by atoms with Crippen LogP contribution in [-0.4, -0.2) is 7.05 Å². The molecule has 2 aromatic carbocycles. The molecule has 1 nitrogen and oxygen atoms in total. The Morgan fingerprint density at radius 2 is 1.67 bits per heavy atom. The molecule has 0 spiro atoms. The van der Waals surface area contributed by atoms with E-state index in [1.54, 1.807) is 7.05 Å². The Morgan fingerprint density at radius 3 is 2.24 bits per heavy atom. The van der Waals surface area contributed by atoms with E-state index in [1.807, 2.05) is 24.3 Å². The molecule has 4 heteroatoms. The lowest BCUT2D eigenvalue weighted by Crippen LogP contribution is -2.18. The molecule has 0 amide bonds. The van der Waals surface area contributed by atoms with Crippen molar-refractivity contribution >= 4 is 0 Å². The minimum atomic E-state index is -1.44. The molecule has 0 heterocycles. The van der Waals surface area contributed by atoms with E-state index in [0.29, 0.717) is 5.56 Å². The van der Waals surface area contributed by atoms with E-state index in [1.165, 1.54) is 5.56 Å². The molecule has 112 valence electrons. The van der Waals surface area contributed by atoms with Crippen LogP contribution in [0.5, 0.6) is 0 Å². The Bertz CT molecular complexity index is 602. The molecule has 0 aromatic heterocycles. The lowest BCUT2D eigenvalue weighted by molar-refractivity contribution is 0.443. The van der Waals surface area contributed by atoms with Gasteiger partial charge >= 0.3 is 0 Å². The van der Waals surface area contributed by atoms with Crippen molar-refractivity contribution in [2.24, 2.45) is 0 Å². The van der Waals surface area contributed by atoms with Gasteiger partial charge in [-0.1, -0.05) is 37.6 Å². The van der Waals surface area contributed by atoms with E-state index < -0.39 is 17.5 Å². The summed E-state index contributed by atoms with van der Waals surface area (Å²) in [6, 6.07) is 9.51. The Hall–Kier alpha value is -1.81. The smallest absolute Gasteiger partial charge is 0.194 e. The lowest BCUT2D eigenvalue weighted by atomic mass is 9.96. The normalized spacial score (nSPS) is 12.4. The first kappa shape index (κ1) is 15.6. The molecule has 0 radical (unpaired) electrons. The molecule has 2 aromatic rings. The third-order valence-electron chi connectivity index (χ3n) is 3.45. The van der Waals surface area contributed by atoms with Gasteiger partial charge in [-0.2, -0.15) is 0 Å². The number of rotatable bonds is 5. The van der Waals surface area contributed by atoms with Gasteiger partial charge in [0.25, 0.3) is 0 Å². The molecule has 1 N–H and O–H groups in total. The van der Waals surface area contributed by atoms with Crippen molar-refractivity contribution < 1.29 is 13.2 Å². The quantitative estimate of drug-likeness (QED) is 0.807. The Labute approximate surface area is 122 Å². The molecular weight excluding hydrogens is 275 g/mol. The second kappa shape index (κ2) is 6.76. The first-order valence-electron chi connectivity index (χ1n) is 6.97. The minimum absolute atomic E-state index is 0.363. The Kier molecular flexibility index (Phi) is 5.02. The number of hydrogen-bond donors (Lipinski definition) is 1. The zero-order valence-electron chi connectivity index (χ0n) is 12.1. The van der Waals surface area contributed by atoms with Crippen LogP contribution in [-0.2, 0) is 6.42 Å². The summed E-state index contributed by atoms with van der Waals surface area (Å²) in [6.07, 6.45) is 1.96. The number of hydrogen-bond acceptors (Lipinski definition) is 1. The molecule has 0 saturated carbocycles. The van der Waals surface area contributed by atoms with E-state index in [-0.39, 0.29) is 6.04 Å². The minimum Gasteiger partial charge on any atom is -0.309 e. The molecule has 0 saturated heterocycles. The summed E-state index contributed by atoms with van der Waals surface area (Å²) in [5, 5.41) is 3.02. The van der Waals surface area contributed by atoms with Crippen molar-refractivity contribution in [1.29, 1.82) is 0 Å². The first-order valence-corrected chi connectivity index (χ1v) is 6.97. The summed E-state index contributed by atoms with van der Waals surface area (Å²) < 4.78 is 39.9. The maximum absolute atomic E-state index is 13.4. The van der Waals surface area contributed by atoms with Crippen LogP contribution in [0.3, 0.4) is 0 Å². The van der Waals surface area contributed by atoms with E-state index in [4.69, 9.17) is 0 Å². The van der Waals surface area contributed by atoms with Crippen LogP contribution in [0.15, 0.2) is 36.4 Å². The van der Waals surface area contributed by atoms with E-state index >= 15 is 0 Å². The summed E-state index contributed by atoms with van der Waals surface area (Å²) in [4.78, 5) is 0. The van der Waals surface area contributed by atoms with Gasteiger partial charge in [0.15, 0.2) is 17.5 Å². The van der Waals surface area contributed by atoms with Gasteiger partial charge in [-0.05, 0) is 42.3 Å². The predicted octanol–water partition coefficient (Wildman–Crippen LogP) is 4.37. The highest BCUT2D eigenvalue weighted by Crippen LogP contribution is 2.25. The molecule has 0 aliphatic carbocycles. The third kappa shape index (κ3) is 3.45. The largest absolute Gasteiger partial charge is 0.309 e.